The standard InChI is InChI=1S/C13H11N3O4/c1-9-2-4-10(5-3-9)13(17)15-14-8-11-6-7-12(20-11)16(18)19/h2-8H,1H3,(H,15,17)/b14-8-. The minimum Gasteiger partial charge on any atom is -0.400 e. The molecule has 0 radical (unpaired) electrons. The van der Waals surface area contributed by atoms with E-state index in [1.165, 1.54) is 18.3 Å². The second-order valence-electron chi connectivity index (χ2n) is 4.00. The zero-order valence-electron chi connectivity index (χ0n) is 10.6. The molecule has 0 aliphatic heterocycles. The van der Waals surface area contributed by atoms with Crippen LogP contribution in [0.5, 0.6) is 0 Å². The van der Waals surface area contributed by atoms with E-state index in [0.717, 1.165) is 5.56 Å². The molecule has 102 valence electrons. The van der Waals surface area contributed by atoms with Crippen LogP contribution >= 0.6 is 0 Å². The van der Waals surface area contributed by atoms with E-state index in [9.17, 15) is 14.9 Å². The van der Waals surface area contributed by atoms with Crippen LogP contribution in [0.1, 0.15) is 21.7 Å². The van der Waals surface area contributed by atoms with E-state index in [1.54, 1.807) is 12.1 Å². The number of hydrogen-bond donors (Lipinski definition) is 1. The number of amides is 1. The minimum atomic E-state index is -0.651. The fourth-order valence-corrected chi connectivity index (χ4v) is 1.43. The Bertz CT molecular complexity index is 659. The highest BCUT2D eigenvalue weighted by Gasteiger charge is 2.10. The van der Waals surface area contributed by atoms with Crippen LogP contribution in [0.15, 0.2) is 45.9 Å². The number of carbonyl (C=O) groups is 1. The fourth-order valence-electron chi connectivity index (χ4n) is 1.43. The summed E-state index contributed by atoms with van der Waals surface area (Å²) < 4.78 is 4.85. The average molecular weight is 273 g/mol. The lowest BCUT2D eigenvalue weighted by atomic mass is 10.1. The summed E-state index contributed by atoms with van der Waals surface area (Å²) in [5.74, 6) is -0.570. The fraction of sp³-hybridized carbons (Fsp3) is 0.0769. The first kappa shape index (κ1) is 13.5. The maximum absolute atomic E-state index is 11.7. The molecule has 1 amide bonds. The summed E-state index contributed by atoms with van der Waals surface area (Å²) in [4.78, 5) is 21.5. The van der Waals surface area contributed by atoms with Gasteiger partial charge in [-0.1, -0.05) is 17.7 Å². The van der Waals surface area contributed by atoms with Crippen LogP contribution in [-0.2, 0) is 0 Å². The number of hydrogen-bond acceptors (Lipinski definition) is 5. The summed E-state index contributed by atoms with van der Waals surface area (Å²) in [5.41, 5.74) is 3.83. The van der Waals surface area contributed by atoms with Gasteiger partial charge in [0.1, 0.15) is 4.92 Å². The molecule has 0 fully saturated rings. The molecule has 1 aromatic carbocycles. The molecule has 0 aliphatic carbocycles. The lowest BCUT2D eigenvalue weighted by Crippen LogP contribution is -2.17. The number of nitrogens with zero attached hydrogens (tertiary/aromatic N) is 2. The normalized spacial score (nSPS) is 10.7. The maximum Gasteiger partial charge on any atom is 0.433 e. The van der Waals surface area contributed by atoms with Crippen molar-refractivity contribution in [3.63, 3.8) is 0 Å². The first-order chi connectivity index (χ1) is 9.56. The molecule has 2 rings (SSSR count). The van der Waals surface area contributed by atoms with Gasteiger partial charge in [-0.3, -0.25) is 14.9 Å². The van der Waals surface area contributed by atoms with Gasteiger partial charge in [0.25, 0.3) is 5.91 Å². The highest BCUT2D eigenvalue weighted by atomic mass is 16.6. The zero-order chi connectivity index (χ0) is 14.5. The van der Waals surface area contributed by atoms with Gasteiger partial charge >= 0.3 is 5.88 Å². The molecule has 20 heavy (non-hydrogen) atoms. The van der Waals surface area contributed by atoms with E-state index in [0.29, 0.717) is 5.56 Å². The smallest absolute Gasteiger partial charge is 0.400 e. The quantitative estimate of drug-likeness (QED) is 0.524. The second kappa shape index (κ2) is 5.79. The van der Waals surface area contributed by atoms with E-state index >= 15 is 0 Å². The molecule has 0 atom stereocenters. The molecular formula is C13H11N3O4. The van der Waals surface area contributed by atoms with E-state index < -0.39 is 4.92 Å². The van der Waals surface area contributed by atoms with Gasteiger partial charge in [-0.2, -0.15) is 5.10 Å². The van der Waals surface area contributed by atoms with Crippen molar-refractivity contribution in [2.24, 2.45) is 5.10 Å². The Kier molecular flexibility index (Phi) is 3.90. The monoisotopic (exact) mass is 273 g/mol. The minimum absolute atomic E-state index is 0.181. The molecule has 7 heteroatoms. The second-order valence-corrected chi connectivity index (χ2v) is 4.00. The molecule has 1 N–H and O–H groups in total. The van der Waals surface area contributed by atoms with Gasteiger partial charge in [0.15, 0.2) is 5.76 Å². The topological polar surface area (TPSA) is 97.7 Å². The lowest BCUT2D eigenvalue weighted by Gasteiger charge is -1.99. The number of rotatable bonds is 4. The van der Waals surface area contributed by atoms with Gasteiger partial charge in [-0.05, 0) is 25.1 Å². The Balaban J connectivity index is 1.97. The molecule has 0 aliphatic rings. The van der Waals surface area contributed by atoms with Crippen LogP contribution in [0.4, 0.5) is 5.88 Å². The largest absolute Gasteiger partial charge is 0.433 e. The SMILES string of the molecule is Cc1ccc(C(=O)N/N=C\c2ccc([N+](=O)[O-])o2)cc1. The molecular weight excluding hydrogens is 262 g/mol. The van der Waals surface area contributed by atoms with Crippen LogP contribution in [-0.4, -0.2) is 17.0 Å². The van der Waals surface area contributed by atoms with Gasteiger partial charge in [-0.25, -0.2) is 5.43 Å². The third-order valence-corrected chi connectivity index (χ3v) is 2.46. The first-order valence-electron chi connectivity index (χ1n) is 5.70. The molecule has 0 unspecified atom stereocenters. The lowest BCUT2D eigenvalue weighted by molar-refractivity contribution is -0.402. The van der Waals surface area contributed by atoms with E-state index in [1.807, 2.05) is 19.1 Å². The Morgan fingerprint density at radius 3 is 2.60 bits per heavy atom. The van der Waals surface area contributed by atoms with Gasteiger partial charge in [-0.15, -0.1) is 0 Å². The van der Waals surface area contributed by atoms with Gasteiger partial charge in [0, 0.05) is 5.56 Å². The van der Waals surface area contributed by atoms with Crippen molar-refractivity contribution >= 4 is 18.0 Å². The summed E-state index contributed by atoms with van der Waals surface area (Å²) in [6.07, 6.45) is 1.19. The van der Waals surface area contributed by atoms with Crippen molar-refractivity contribution in [3.05, 3.63) is 63.4 Å². The molecule has 2 aromatic rings. The first-order valence-corrected chi connectivity index (χ1v) is 5.70. The van der Waals surface area contributed by atoms with Gasteiger partial charge < -0.3 is 4.42 Å². The van der Waals surface area contributed by atoms with Crippen LogP contribution in [0, 0.1) is 17.0 Å². The van der Waals surface area contributed by atoms with Gasteiger partial charge in [0.2, 0.25) is 0 Å². The Morgan fingerprint density at radius 2 is 2.00 bits per heavy atom. The van der Waals surface area contributed by atoms with Crippen LogP contribution < -0.4 is 5.43 Å². The number of nitrogens with one attached hydrogen (secondary N) is 1. The number of furan rings is 1. The molecule has 0 bridgehead atoms. The van der Waals surface area contributed by atoms with Crippen LogP contribution in [0.25, 0.3) is 0 Å². The van der Waals surface area contributed by atoms with E-state index in [2.05, 4.69) is 10.5 Å². The Hall–Kier alpha value is -2.96. The number of hydrazone groups is 1. The van der Waals surface area contributed by atoms with Crippen molar-refractivity contribution < 1.29 is 14.1 Å². The van der Waals surface area contributed by atoms with Crippen molar-refractivity contribution in [2.45, 2.75) is 6.92 Å². The summed E-state index contributed by atoms with van der Waals surface area (Å²) in [6.45, 7) is 1.92. The average Bonchev–Trinajstić information content (AvgIpc) is 2.88. The van der Waals surface area contributed by atoms with E-state index in [4.69, 9.17) is 4.42 Å². The highest BCUT2D eigenvalue weighted by Crippen LogP contribution is 2.13. The molecule has 1 heterocycles. The van der Waals surface area contributed by atoms with Crippen molar-refractivity contribution in [1.29, 1.82) is 0 Å². The summed E-state index contributed by atoms with van der Waals surface area (Å²) in [7, 11) is 0. The summed E-state index contributed by atoms with van der Waals surface area (Å²) in [6, 6.07) is 9.59. The van der Waals surface area contributed by atoms with Gasteiger partial charge in [0.05, 0.1) is 12.3 Å². The third-order valence-electron chi connectivity index (χ3n) is 2.46. The molecule has 0 saturated carbocycles. The van der Waals surface area contributed by atoms with E-state index in [-0.39, 0.29) is 17.6 Å². The Morgan fingerprint density at radius 1 is 1.30 bits per heavy atom. The highest BCUT2D eigenvalue weighted by molar-refractivity contribution is 5.94. The number of benzene rings is 1. The molecule has 7 nitrogen and oxygen atoms in total. The van der Waals surface area contributed by atoms with Crippen LogP contribution in [0.2, 0.25) is 0 Å². The summed E-state index contributed by atoms with van der Waals surface area (Å²) in [5, 5.41) is 14.1. The summed E-state index contributed by atoms with van der Waals surface area (Å²) >= 11 is 0. The number of aryl methyl sites for hydroxylation is 1. The molecule has 0 saturated heterocycles. The molecule has 1 aromatic heterocycles. The number of carbonyl (C=O) groups excluding carboxylic acids is 1. The maximum atomic E-state index is 11.7. The van der Waals surface area contributed by atoms with Crippen molar-refractivity contribution in [3.8, 4) is 0 Å². The van der Waals surface area contributed by atoms with Crippen molar-refractivity contribution in [1.82, 2.24) is 5.43 Å². The molecule has 0 spiro atoms. The Labute approximate surface area is 114 Å². The zero-order valence-corrected chi connectivity index (χ0v) is 10.6. The number of nitro groups is 1. The van der Waals surface area contributed by atoms with Crippen molar-refractivity contribution in [2.75, 3.05) is 0 Å². The third kappa shape index (κ3) is 3.29. The predicted octanol–water partition coefficient (Wildman–Crippen LogP) is 2.26. The van der Waals surface area contributed by atoms with Crippen LogP contribution in [0.3, 0.4) is 0 Å². The predicted molar refractivity (Wildman–Crippen MR) is 71.6 cm³/mol.